The molecule has 1 N–H and O–H groups in total. The average Bonchev–Trinajstić information content (AvgIpc) is 2.95. The van der Waals surface area contributed by atoms with Gasteiger partial charge in [0.1, 0.15) is 11.6 Å². The molecule has 2 aromatic carbocycles. The maximum Gasteiger partial charge on any atom is 0.138 e. The van der Waals surface area contributed by atoms with Crippen molar-refractivity contribution in [1.29, 1.82) is 0 Å². The molecule has 0 saturated carbocycles. The summed E-state index contributed by atoms with van der Waals surface area (Å²) >= 11 is 0. The molecular weight excluding hydrogens is 272 g/mol. The zero-order valence-corrected chi connectivity index (χ0v) is 13.2. The Bertz CT molecular complexity index is 744. The van der Waals surface area contributed by atoms with Crippen LogP contribution in [0.15, 0.2) is 42.5 Å². The van der Waals surface area contributed by atoms with Gasteiger partial charge in [-0.2, -0.15) is 0 Å². The number of fused-ring (bicyclic) bond motifs is 1. The van der Waals surface area contributed by atoms with Gasteiger partial charge < -0.3 is 9.72 Å². The fraction of sp³-hybridized carbons (Fsp3) is 0.316. The van der Waals surface area contributed by atoms with Crippen LogP contribution in [0.2, 0.25) is 0 Å². The van der Waals surface area contributed by atoms with E-state index >= 15 is 0 Å². The highest BCUT2D eigenvalue weighted by molar-refractivity contribution is 5.80. The fourth-order valence-corrected chi connectivity index (χ4v) is 2.51. The molecule has 0 saturated heterocycles. The Kier molecular flexibility index (Phi) is 4.42. The third-order valence-corrected chi connectivity index (χ3v) is 3.78. The number of nitrogens with one attached hydrogen (secondary N) is 1. The van der Waals surface area contributed by atoms with Crippen molar-refractivity contribution in [3.05, 3.63) is 48.0 Å². The van der Waals surface area contributed by atoms with Gasteiger partial charge in [0.05, 0.1) is 17.6 Å². The molecule has 0 atom stereocenters. The zero-order valence-electron chi connectivity index (χ0n) is 13.2. The van der Waals surface area contributed by atoms with Crippen LogP contribution in [0, 0.1) is 6.92 Å². The minimum absolute atomic E-state index is 0.789. The molecule has 0 aliphatic rings. The summed E-state index contributed by atoms with van der Waals surface area (Å²) in [5.74, 6) is 1.82. The molecule has 0 spiro atoms. The monoisotopic (exact) mass is 294 g/mol. The Labute approximate surface area is 131 Å². The molecule has 114 valence electrons. The van der Waals surface area contributed by atoms with E-state index in [1.165, 1.54) is 18.4 Å². The van der Waals surface area contributed by atoms with Crippen molar-refractivity contribution in [2.75, 3.05) is 6.61 Å². The summed E-state index contributed by atoms with van der Waals surface area (Å²) in [6.45, 7) is 5.07. The number of ether oxygens (including phenoxy) is 1. The Hall–Kier alpha value is -2.29. The molecule has 0 unspecified atom stereocenters. The van der Waals surface area contributed by atoms with Crippen molar-refractivity contribution in [2.24, 2.45) is 0 Å². The molecule has 22 heavy (non-hydrogen) atoms. The van der Waals surface area contributed by atoms with Crippen LogP contribution in [0.4, 0.5) is 0 Å². The van der Waals surface area contributed by atoms with Crippen molar-refractivity contribution in [2.45, 2.75) is 33.1 Å². The first kappa shape index (κ1) is 14.6. The highest BCUT2D eigenvalue weighted by Gasteiger charge is 2.05. The minimum Gasteiger partial charge on any atom is -0.494 e. The normalized spacial score (nSPS) is 11.0. The topological polar surface area (TPSA) is 37.9 Å². The van der Waals surface area contributed by atoms with Crippen molar-refractivity contribution < 1.29 is 4.74 Å². The lowest BCUT2D eigenvalue weighted by molar-refractivity contribution is 0.306. The SMILES string of the molecule is CCCCCOc1ccc(-c2nc3ccc(C)cc3[nH]2)cc1. The predicted molar refractivity (Wildman–Crippen MR) is 91.3 cm³/mol. The molecule has 0 amide bonds. The number of nitrogens with zero attached hydrogens (tertiary/aromatic N) is 1. The van der Waals surface area contributed by atoms with Crippen molar-refractivity contribution in [3.63, 3.8) is 0 Å². The number of hydrogen-bond donors (Lipinski definition) is 1. The standard InChI is InChI=1S/C19H22N2O/c1-3-4-5-12-22-16-9-7-15(8-10-16)19-20-17-11-6-14(2)13-18(17)21-19/h6-11,13H,3-5,12H2,1-2H3,(H,20,21). The first-order valence-corrected chi connectivity index (χ1v) is 7.96. The Balaban J connectivity index is 1.73. The average molecular weight is 294 g/mol. The largest absolute Gasteiger partial charge is 0.494 e. The fourth-order valence-electron chi connectivity index (χ4n) is 2.51. The first-order valence-electron chi connectivity index (χ1n) is 7.96. The van der Waals surface area contributed by atoms with E-state index in [4.69, 9.17) is 4.74 Å². The molecule has 0 radical (unpaired) electrons. The summed E-state index contributed by atoms with van der Waals surface area (Å²) in [7, 11) is 0. The van der Waals surface area contributed by atoms with E-state index in [2.05, 4.69) is 54.1 Å². The summed E-state index contributed by atoms with van der Waals surface area (Å²) in [6, 6.07) is 14.4. The number of aryl methyl sites for hydroxylation is 1. The van der Waals surface area contributed by atoms with Crippen LogP contribution < -0.4 is 4.74 Å². The van der Waals surface area contributed by atoms with Gasteiger partial charge in [-0.25, -0.2) is 4.98 Å². The summed E-state index contributed by atoms with van der Waals surface area (Å²) in [4.78, 5) is 8.02. The Morgan fingerprint density at radius 1 is 1.05 bits per heavy atom. The quantitative estimate of drug-likeness (QED) is 0.642. The van der Waals surface area contributed by atoms with E-state index in [1.54, 1.807) is 0 Å². The first-order chi connectivity index (χ1) is 10.8. The molecule has 3 aromatic rings. The molecule has 3 nitrogen and oxygen atoms in total. The number of aromatic nitrogens is 2. The number of unbranched alkanes of at least 4 members (excludes halogenated alkanes) is 2. The number of H-pyrrole nitrogens is 1. The van der Waals surface area contributed by atoms with Gasteiger partial charge in [0, 0.05) is 5.56 Å². The van der Waals surface area contributed by atoms with Crippen molar-refractivity contribution >= 4 is 11.0 Å². The molecule has 0 aliphatic heterocycles. The molecule has 1 heterocycles. The van der Waals surface area contributed by atoms with E-state index in [1.807, 2.05) is 12.1 Å². The molecule has 3 heteroatoms. The summed E-state index contributed by atoms with van der Waals surface area (Å²) in [5, 5.41) is 0. The lowest BCUT2D eigenvalue weighted by Gasteiger charge is -2.06. The number of rotatable bonds is 6. The van der Waals surface area contributed by atoms with Gasteiger partial charge in [-0.05, 0) is 55.3 Å². The van der Waals surface area contributed by atoms with E-state index in [9.17, 15) is 0 Å². The third-order valence-electron chi connectivity index (χ3n) is 3.78. The second-order valence-electron chi connectivity index (χ2n) is 5.69. The summed E-state index contributed by atoms with van der Waals surface area (Å²) in [6.07, 6.45) is 3.55. The van der Waals surface area contributed by atoms with Crippen LogP contribution in [0.1, 0.15) is 31.7 Å². The van der Waals surface area contributed by atoms with Crippen molar-refractivity contribution in [3.8, 4) is 17.1 Å². The van der Waals surface area contributed by atoms with E-state index in [-0.39, 0.29) is 0 Å². The van der Waals surface area contributed by atoms with Gasteiger partial charge in [0.25, 0.3) is 0 Å². The molecular formula is C19H22N2O. The van der Waals surface area contributed by atoms with E-state index < -0.39 is 0 Å². The number of hydrogen-bond acceptors (Lipinski definition) is 2. The van der Waals surface area contributed by atoms with Crippen LogP contribution in [0.25, 0.3) is 22.4 Å². The van der Waals surface area contributed by atoms with Crippen LogP contribution in [0.3, 0.4) is 0 Å². The molecule has 1 aromatic heterocycles. The Morgan fingerprint density at radius 2 is 1.86 bits per heavy atom. The van der Waals surface area contributed by atoms with E-state index in [0.717, 1.165) is 41.2 Å². The van der Waals surface area contributed by atoms with Gasteiger partial charge in [-0.1, -0.05) is 25.8 Å². The van der Waals surface area contributed by atoms with Crippen LogP contribution in [-0.2, 0) is 0 Å². The maximum absolute atomic E-state index is 5.74. The lowest BCUT2D eigenvalue weighted by Crippen LogP contribution is -1.96. The van der Waals surface area contributed by atoms with Gasteiger partial charge in [0.15, 0.2) is 0 Å². The number of benzene rings is 2. The predicted octanol–water partition coefficient (Wildman–Crippen LogP) is 5.11. The molecule has 3 rings (SSSR count). The highest BCUT2D eigenvalue weighted by atomic mass is 16.5. The zero-order chi connectivity index (χ0) is 15.4. The number of imidazole rings is 1. The minimum atomic E-state index is 0.789. The second-order valence-corrected chi connectivity index (χ2v) is 5.69. The van der Waals surface area contributed by atoms with Gasteiger partial charge >= 0.3 is 0 Å². The van der Waals surface area contributed by atoms with Crippen LogP contribution in [-0.4, -0.2) is 16.6 Å². The lowest BCUT2D eigenvalue weighted by atomic mass is 10.2. The van der Waals surface area contributed by atoms with Gasteiger partial charge in [0.2, 0.25) is 0 Å². The Morgan fingerprint density at radius 3 is 2.64 bits per heavy atom. The van der Waals surface area contributed by atoms with E-state index in [0.29, 0.717) is 0 Å². The smallest absolute Gasteiger partial charge is 0.138 e. The third kappa shape index (κ3) is 3.30. The maximum atomic E-state index is 5.74. The molecule has 0 bridgehead atoms. The second kappa shape index (κ2) is 6.65. The van der Waals surface area contributed by atoms with Gasteiger partial charge in [-0.3, -0.25) is 0 Å². The highest BCUT2D eigenvalue weighted by Crippen LogP contribution is 2.23. The molecule has 0 fully saturated rings. The summed E-state index contributed by atoms with van der Waals surface area (Å²) < 4.78 is 5.74. The number of aromatic amines is 1. The van der Waals surface area contributed by atoms with Crippen LogP contribution >= 0.6 is 0 Å². The molecule has 0 aliphatic carbocycles. The van der Waals surface area contributed by atoms with Crippen LogP contribution in [0.5, 0.6) is 5.75 Å². The van der Waals surface area contributed by atoms with Crippen molar-refractivity contribution in [1.82, 2.24) is 9.97 Å². The van der Waals surface area contributed by atoms with Gasteiger partial charge in [-0.15, -0.1) is 0 Å². The summed E-state index contributed by atoms with van der Waals surface area (Å²) in [5.41, 5.74) is 4.39.